The van der Waals surface area contributed by atoms with Crippen LogP contribution in [0.25, 0.3) is 0 Å². The Labute approximate surface area is 121 Å². The van der Waals surface area contributed by atoms with Gasteiger partial charge in [-0.3, -0.25) is 0 Å². The predicted octanol–water partition coefficient (Wildman–Crippen LogP) is 2.26. The molecule has 0 bridgehead atoms. The Kier molecular flexibility index (Phi) is 5.17. The van der Waals surface area contributed by atoms with Crippen LogP contribution in [0.4, 0.5) is 11.6 Å². The smallest absolute Gasteiger partial charge is 0.134 e. The van der Waals surface area contributed by atoms with E-state index in [1.54, 1.807) is 7.11 Å². The summed E-state index contributed by atoms with van der Waals surface area (Å²) in [7, 11) is 1.73. The van der Waals surface area contributed by atoms with Gasteiger partial charge in [0.2, 0.25) is 0 Å². The second-order valence-electron chi connectivity index (χ2n) is 5.58. The van der Waals surface area contributed by atoms with Crippen molar-refractivity contribution in [2.24, 2.45) is 5.92 Å². The summed E-state index contributed by atoms with van der Waals surface area (Å²) >= 11 is 0. The minimum absolute atomic E-state index is 0.480. The second kappa shape index (κ2) is 6.88. The Morgan fingerprint density at radius 3 is 2.80 bits per heavy atom. The van der Waals surface area contributed by atoms with Gasteiger partial charge in [0.15, 0.2) is 0 Å². The molecule has 20 heavy (non-hydrogen) atoms. The number of aryl methyl sites for hydroxylation is 1. The molecule has 1 fully saturated rings. The fourth-order valence-electron chi connectivity index (χ4n) is 2.54. The van der Waals surface area contributed by atoms with Gasteiger partial charge in [0.1, 0.15) is 17.5 Å². The molecule has 112 valence electrons. The van der Waals surface area contributed by atoms with Gasteiger partial charge < -0.3 is 15.4 Å². The molecule has 1 heterocycles. The van der Waals surface area contributed by atoms with Crippen LogP contribution in [0.2, 0.25) is 0 Å². The van der Waals surface area contributed by atoms with E-state index >= 15 is 0 Å². The molecule has 1 aliphatic carbocycles. The van der Waals surface area contributed by atoms with Gasteiger partial charge in [-0.2, -0.15) is 0 Å². The van der Waals surface area contributed by atoms with Crippen molar-refractivity contribution in [2.45, 2.75) is 45.6 Å². The van der Waals surface area contributed by atoms with Crippen LogP contribution in [0, 0.1) is 5.92 Å². The third-order valence-corrected chi connectivity index (χ3v) is 3.88. The number of hydrogen-bond donors (Lipinski definition) is 1. The predicted molar refractivity (Wildman–Crippen MR) is 81.8 cm³/mol. The average molecular weight is 278 g/mol. The van der Waals surface area contributed by atoms with Crippen molar-refractivity contribution in [1.29, 1.82) is 0 Å². The number of hydrogen-bond acceptors (Lipinski definition) is 5. The number of nitrogens with two attached hydrogens (primary N) is 1. The Bertz CT molecular complexity index is 434. The first-order valence-corrected chi connectivity index (χ1v) is 7.54. The molecule has 0 amide bonds. The van der Waals surface area contributed by atoms with Crippen LogP contribution in [-0.2, 0) is 11.2 Å². The number of aromatic nitrogens is 2. The van der Waals surface area contributed by atoms with Crippen molar-refractivity contribution < 1.29 is 4.74 Å². The zero-order chi connectivity index (χ0) is 14.5. The van der Waals surface area contributed by atoms with Gasteiger partial charge in [0.25, 0.3) is 0 Å². The van der Waals surface area contributed by atoms with Crippen molar-refractivity contribution in [1.82, 2.24) is 9.97 Å². The molecule has 5 nitrogen and oxygen atoms in total. The van der Waals surface area contributed by atoms with Crippen molar-refractivity contribution >= 4 is 11.6 Å². The van der Waals surface area contributed by atoms with Gasteiger partial charge in [-0.05, 0) is 32.1 Å². The Balaban J connectivity index is 2.21. The fourth-order valence-corrected chi connectivity index (χ4v) is 2.54. The van der Waals surface area contributed by atoms with Crippen LogP contribution >= 0.6 is 0 Å². The average Bonchev–Trinajstić information content (AvgIpc) is 3.23. The normalized spacial score (nSPS) is 16.1. The number of anilines is 2. The van der Waals surface area contributed by atoms with Crippen LogP contribution in [0.3, 0.4) is 0 Å². The monoisotopic (exact) mass is 278 g/mol. The van der Waals surface area contributed by atoms with E-state index in [-0.39, 0.29) is 0 Å². The number of methoxy groups -OCH3 is 1. The molecule has 0 radical (unpaired) electrons. The van der Waals surface area contributed by atoms with Crippen LogP contribution in [0.5, 0.6) is 0 Å². The highest BCUT2D eigenvalue weighted by Crippen LogP contribution is 2.36. The number of ether oxygens (including phenoxy) is 1. The summed E-state index contributed by atoms with van der Waals surface area (Å²) in [6.45, 7) is 5.94. The van der Waals surface area contributed by atoms with E-state index < -0.39 is 0 Å². The fraction of sp³-hybridized carbons (Fsp3) is 0.733. The zero-order valence-corrected chi connectivity index (χ0v) is 12.8. The SMILES string of the molecule is CCCc1nc(N)cc(N(CCOC)C(C)C2CC2)n1. The maximum Gasteiger partial charge on any atom is 0.134 e. The maximum atomic E-state index is 5.94. The highest BCUT2D eigenvalue weighted by molar-refractivity contribution is 5.48. The minimum Gasteiger partial charge on any atom is -0.384 e. The van der Waals surface area contributed by atoms with Crippen molar-refractivity contribution in [3.8, 4) is 0 Å². The van der Waals surface area contributed by atoms with Crippen molar-refractivity contribution in [3.05, 3.63) is 11.9 Å². The van der Waals surface area contributed by atoms with E-state index in [0.717, 1.165) is 36.9 Å². The van der Waals surface area contributed by atoms with E-state index in [2.05, 4.69) is 28.7 Å². The van der Waals surface area contributed by atoms with Gasteiger partial charge in [0, 0.05) is 32.2 Å². The highest BCUT2D eigenvalue weighted by Gasteiger charge is 2.32. The molecule has 1 aromatic heterocycles. The molecule has 1 atom stereocenters. The summed E-state index contributed by atoms with van der Waals surface area (Å²) in [4.78, 5) is 11.3. The van der Waals surface area contributed by atoms with Crippen LogP contribution in [-0.4, -0.2) is 36.3 Å². The number of nitrogens with zero attached hydrogens (tertiary/aromatic N) is 3. The zero-order valence-electron chi connectivity index (χ0n) is 12.8. The third kappa shape index (κ3) is 3.82. The second-order valence-corrected chi connectivity index (χ2v) is 5.58. The van der Waals surface area contributed by atoms with E-state index in [1.165, 1.54) is 12.8 Å². The molecule has 2 N–H and O–H groups in total. The lowest BCUT2D eigenvalue weighted by atomic mass is 10.2. The van der Waals surface area contributed by atoms with Crippen molar-refractivity contribution in [2.75, 3.05) is 30.9 Å². The highest BCUT2D eigenvalue weighted by atomic mass is 16.5. The summed E-state index contributed by atoms with van der Waals surface area (Å²) in [6, 6.07) is 2.36. The molecule has 1 saturated carbocycles. The van der Waals surface area contributed by atoms with Crippen molar-refractivity contribution in [3.63, 3.8) is 0 Å². The largest absolute Gasteiger partial charge is 0.384 e. The molecule has 0 aliphatic heterocycles. The first-order chi connectivity index (χ1) is 9.65. The molecule has 0 aromatic carbocycles. The van der Waals surface area contributed by atoms with Gasteiger partial charge in [0.05, 0.1) is 6.61 Å². The van der Waals surface area contributed by atoms with Crippen LogP contribution < -0.4 is 10.6 Å². The Morgan fingerprint density at radius 1 is 1.45 bits per heavy atom. The third-order valence-electron chi connectivity index (χ3n) is 3.88. The maximum absolute atomic E-state index is 5.94. The first kappa shape index (κ1) is 15.0. The van der Waals surface area contributed by atoms with E-state index in [9.17, 15) is 0 Å². The van der Waals surface area contributed by atoms with E-state index in [0.29, 0.717) is 18.5 Å². The lowest BCUT2D eigenvalue weighted by Gasteiger charge is -2.30. The quantitative estimate of drug-likeness (QED) is 0.790. The lowest BCUT2D eigenvalue weighted by Crippen LogP contribution is -2.38. The minimum atomic E-state index is 0.480. The van der Waals surface area contributed by atoms with Gasteiger partial charge in [-0.1, -0.05) is 6.92 Å². The van der Waals surface area contributed by atoms with Gasteiger partial charge in [-0.15, -0.1) is 0 Å². The summed E-state index contributed by atoms with van der Waals surface area (Å²) in [5, 5.41) is 0. The lowest BCUT2D eigenvalue weighted by molar-refractivity contribution is 0.202. The standard InChI is InChI=1S/C15H26N4O/c1-4-5-14-17-13(16)10-15(18-14)19(8-9-20-3)11(2)12-6-7-12/h10-12H,4-9H2,1-3H3,(H2,16,17,18). The Hall–Kier alpha value is -1.36. The van der Waals surface area contributed by atoms with Crippen LogP contribution in [0.15, 0.2) is 6.07 Å². The summed E-state index contributed by atoms with van der Waals surface area (Å²) < 4.78 is 5.24. The molecular weight excluding hydrogens is 252 g/mol. The topological polar surface area (TPSA) is 64.3 Å². The molecule has 0 spiro atoms. The molecule has 1 unspecified atom stereocenters. The number of rotatable bonds is 8. The van der Waals surface area contributed by atoms with Gasteiger partial charge >= 0.3 is 0 Å². The summed E-state index contributed by atoms with van der Waals surface area (Å²) in [5.41, 5.74) is 5.94. The molecule has 2 rings (SSSR count). The van der Waals surface area contributed by atoms with Crippen LogP contribution in [0.1, 0.15) is 38.9 Å². The molecular formula is C15H26N4O. The molecule has 1 aromatic rings. The summed E-state index contributed by atoms with van der Waals surface area (Å²) in [5.74, 6) is 3.12. The number of nitrogen functional groups attached to an aromatic ring is 1. The van der Waals surface area contributed by atoms with Gasteiger partial charge in [-0.25, -0.2) is 9.97 Å². The molecule has 1 aliphatic rings. The summed E-state index contributed by atoms with van der Waals surface area (Å²) in [6.07, 6.45) is 4.52. The first-order valence-electron chi connectivity index (χ1n) is 7.54. The molecule has 5 heteroatoms. The van der Waals surface area contributed by atoms with E-state index in [4.69, 9.17) is 10.5 Å². The molecule has 0 saturated heterocycles. The van der Waals surface area contributed by atoms with E-state index in [1.807, 2.05) is 6.07 Å². The Morgan fingerprint density at radius 2 is 2.20 bits per heavy atom.